The molecule has 0 spiro atoms. The van der Waals surface area contributed by atoms with Crippen molar-refractivity contribution in [1.29, 1.82) is 0 Å². The molecule has 1 N–H and O–H groups in total. The first-order chi connectivity index (χ1) is 14.3. The summed E-state index contributed by atoms with van der Waals surface area (Å²) in [6.07, 6.45) is 3.21. The van der Waals surface area contributed by atoms with Crippen molar-refractivity contribution >= 4 is 23.6 Å². The first-order valence-corrected chi connectivity index (χ1v) is 10.5. The Morgan fingerprint density at radius 1 is 1.23 bits per heavy atom. The molecule has 2 aromatic carbocycles. The number of rotatable bonds is 10. The number of hydrogen-bond donors (Lipinski definition) is 1. The fraction of sp³-hybridized carbons (Fsp3) is 0.375. The molecule has 1 amide bonds. The highest BCUT2D eigenvalue weighted by Gasteiger charge is 2.11. The van der Waals surface area contributed by atoms with Crippen molar-refractivity contribution < 1.29 is 14.3 Å². The highest BCUT2D eigenvalue weighted by Crippen LogP contribution is 2.36. The summed E-state index contributed by atoms with van der Waals surface area (Å²) in [7, 11) is 3.64. The van der Waals surface area contributed by atoms with Crippen molar-refractivity contribution in [2.45, 2.75) is 39.9 Å². The predicted octanol–water partition coefficient (Wildman–Crippen LogP) is 4.92. The van der Waals surface area contributed by atoms with Crippen molar-refractivity contribution in [3.05, 3.63) is 64.2 Å². The fourth-order valence-electron chi connectivity index (χ4n) is 2.89. The molecule has 0 aliphatic heterocycles. The molecule has 0 heterocycles. The van der Waals surface area contributed by atoms with Gasteiger partial charge in [0.25, 0.3) is 0 Å². The molecule has 6 heteroatoms. The van der Waals surface area contributed by atoms with Gasteiger partial charge in [-0.2, -0.15) is 0 Å². The van der Waals surface area contributed by atoms with Gasteiger partial charge in [-0.3, -0.25) is 9.69 Å². The van der Waals surface area contributed by atoms with Gasteiger partial charge in [0.15, 0.2) is 11.5 Å². The molecule has 5 nitrogen and oxygen atoms in total. The summed E-state index contributed by atoms with van der Waals surface area (Å²) in [6.45, 7) is 8.02. The quantitative estimate of drug-likeness (QED) is 0.544. The van der Waals surface area contributed by atoms with Gasteiger partial charge in [0.2, 0.25) is 5.91 Å². The number of halogens is 1. The van der Waals surface area contributed by atoms with Gasteiger partial charge < -0.3 is 14.8 Å². The molecule has 0 aliphatic carbocycles. The summed E-state index contributed by atoms with van der Waals surface area (Å²) < 4.78 is 10.9. The van der Waals surface area contributed by atoms with Crippen LogP contribution in [0.15, 0.2) is 42.5 Å². The van der Waals surface area contributed by atoms with Gasteiger partial charge >= 0.3 is 0 Å². The molecule has 30 heavy (non-hydrogen) atoms. The number of nitrogens with one attached hydrogen (secondary N) is 1. The van der Waals surface area contributed by atoms with Crippen molar-refractivity contribution in [1.82, 2.24) is 10.2 Å². The van der Waals surface area contributed by atoms with E-state index in [-0.39, 0.29) is 5.91 Å². The summed E-state index contributed by atoms with van der Waals surface area (Å²) in [6, 6.07) is 12.2. The Balaban J connectivity index is 2.04. The minimum Gasteiger partial charge on any atom is -0.491 e. The zero-order chi connectivity index (χ0) is 22.1. The zero-order valence-electron chi connectivity index (χ0n) is 18.4. The largest absolute Gasteiger partial charge is 0.491 e. The van der Waals surface area contributed by atoms with E-state index in [0.29, 0.717) is 35.7 Å². The van der Waals surface area contributed by atoms with E-state index in [9.17, 15) is 4.79 Å². The maximum atomic E-state index is 12.4. The van der Waals surface area contributed by atoms with Crippen LogP contribution in [0.25, 0.3) is 6.08 Å². The van der Waals surface area contributed by atoms with Gasteiger partial charge in [-0.05, 0) is 62.7 Å². The molecule has 0 atom stereocenters. The Morgan fingerprint density at radius 3 is 2.57 bits per heavy atom. The second-order valence-corrected chi connectivity index (χ2v) is 7.70. The van der Waals surface area contributed by atoms with E-state index < -0.39 is 0 Å². The molecule has 0 radical (unpaired) electrons. The van der Waals surface area contributed by atoms with Crippen LogP contribution in [-0.2, 0) is 17.9 Å². The average molecular weight is 431 g/mol. The lowest BCUT2D eigenvalue weighted by Gasteiger charge is -2.22. The van der Waals surface area contributed by atoms with Crippen LogP contribution in [0.2, 0.25) is 5.02 Å². The average Bonchev–Trinajstić information content (AvgIpc) is 2.71. The smallest absolute Gasteiger partial charge is 0.244 e. The van der Waals surface area contributed by atoms with E-state index in [1.54, 1.807) is 25.3 Å². The van der Waals surface area contributed by atoms with E-state index in [1.165, 1.54) is 11.6 Å². The summed E-state index contributed by atoms with van der Waals surface area (Å²) in [5.74, 6) is 0.866. The number of carbonyl (C=O) groups excluding carboxylic acids is 1. The van der Waals surface area contributed by atoms with Crippen LogP contribution in [0.1, 0.15) is 37.5 Å². The third-order valence-corrected chi connectivity index (χ3v) is 5.12. The van der Waals surface area contributed by atoms with E-state index >= 15 is 0 Å². The molecule has 0 saturated carbocycles. The molecular weight excluding hydrogens is 400 g/mol. The highest BCUT2D eigenvalue weighted by molar-refractivity contribution is 6.32. The molecule has 2 aromatic rings. The number of hydrogen-bond acceptors (Lipinski definition) is 4. The van der Waals surface area contributed by atoms with Gasteiger partial charge in [0, 0.05) is 25.2 Å². The summed E-state index contributed by atoms with van der Waals surface area (Å²) >= 11 is 6.26. The van der Waals surface area contributed by atoms with Crippen LogP contribution in [-0.4, -0.2) is 37.6 Å². The van der Waals surface area contributed by atoms with Crippen molar-refractivity contribution in [2.24, 2.45) is 0 Å². The van der Waals surface area contributed by atoms with E-state index in [4.69, 9.17) is 21.1 Å². The molecule has 0 unspecified atom stereocenters. The number of amides is 1. The zero-order valence-corrected chi connectivity index (χ0v) is 19.1. The third kappa shape index (κ3) is 6.78. The van der Waals surface area contributed by atoms with Crippen LogP contribution >= 0.6 is 11.6 Å². The molecule has 0 aliphatic rings. The van der Waals surface area contributed by atoms with Gasteiger partial charge in [-0.25, -0.2) is 0 Å². The molecule has 2 rings (SSSR count). The lowest BCUT2D eigenvalue weighted by atomic mass is 10.1. The number of nitrogens with zero attached hydrogens (tertiary/aromatic N) is 1. The number of benzene rings is 2. The SMILES string of the molecule is CCOc1cc(C=CC(=O)NCc2ccccc2CN(C)C(C)C)cc(Cl)c1OC. The van der Waals surface area contributed by atoms with Gasteiger partial charge in [-0.15, -0.1) is 0 Å². The first kappa shape index (κ1) is 23.8. The van der Waals surface area contributed by atoms with Gasteiger partial charge in [0.05, 0.1) is 18.7 Å². The molecule has 0 aromatic heterocycles. The van der Waals surface area contributed by atoms with Crippen LogP contribution in [0.5, 0.6) is 11.5 Å². The number of carbonyl (C=O) groups is 1. The molecule has 162 valence electrons. The van der Waals surface area contributed by atoms with Crippen molar-refractivity contribution in [3.63, 3.8) is 0 Å². The normalized spacial score (nSPS) is 11.3. The van der Waals surface area contributed by atoms with E-state index in [1.807, 2.05) is 25.1 Å². The summed E-state index contributed by atoms with van der Waals surface area (Å²) in [4.78, 5) is 14.6. The fourth-order valence-corrected chi connectivity index (χ4v) is 3.19. The minimum absolute atomic E-state index is 0.174. The van der Waals surface area contributed by atoms with Crippen LogP contribution in [0, 0.1) is 0 Å². The van der Waals surface area contributed by atoms with E-state index in [2.05, 4.69) is 37.2 Å². The highest BCUT2D eigenvalue weighted by atomic mass is 35.5. The Kier molecular flexibility index (Phi) is 9.21. The topological polar surface area (TPSA) is 50.8 Å². The molecular formula is C24H31ClN2O3. The molecule has 0 bridgehead atoms. The van der Waals surface area contributed by atoms with Crippen LogP contribution in [0.4, 0.5) is 0 Å². The van der Waals surface area contributed by atoms with Gasteiger partial charge in [-0.1, -0.05) is 35.9 Å². The third-order valence-electron chi connectivity index (χ3n) is 4.84. The summed E-state index contributed by atoms with van der Waals surface area (Å²) in [5.41, 5.74) is 3.08. The number of methoxy groups -OCH3 is 1. The van der Waals surface area contributed by atoms with Gasteiger partial charge in [0.1, 0.15) is 0 Å². The Bertz CT molecular complexity index is 881. The van der Waals surface area contributed by atoms with Crippen molar-refractivity contribution in [3.8, 4) is 11.5 Å². The Morgan fingerprint density at radius 2 is 1.93 bits per heavy atom. The number of ether oxygens (including phenoxy) is 2. The second-order valence-electron chi connectivity index (χ2n) is 7.30. The Hall–Kier alpha value is -2.50. The standard InChI is InChI=1S/C24H31ClN2O3/c1-6-30-22-14-18(13-21(25)24(22)29-5)11-12-23(28)26-15-19-9-7-8-10-20(19)16-27(4)17(2)3/h7-14,17H,6,15-16H2,1-5H3,(H,26,28). The summed E-state index contributed by atoms with van der Waals surface area (Å²) in [5, 5.41) is 3.39. The van der Waals surface area contributed by atoms with Crippen LogP contribution in [0.3, 0.4) is 0 Å². The van der Waals surface area contributed by atoms with E-state index in [0.717, 1.165) is 17.7 Å². The maximum Gasteiger partial charge on any atom is 0.244 e. The minimum atomic E-state index is -0.174. The second kappa shape index (κ2) is 11.6. The molecule has 0 saturated heterocycles. The first-order valence-electron chi connectivity index (χ1n) is 10.1. The van der Waals surface area contributed by atoms with Crippen molar-refractivity contribution in [2.75, 3.05) is 20.8 Å². The Labute approximate surface area is 184 Å². The predicted molar refractivity (Wildman–Crippen MR) is 123 cm³/mol. The monoisotopic (exact) mass is 430 g/mol. The maximum absolute atomic E-state index is 12.4. The lowest BCUT2D eigenvalue weighted by Crippen LogP contribution is -2.27. The molecule has 0 fully saturated rings. The van der Waals surface area contributed by atoms with Crippen LogP contribution < -0.4 is 14.8 Å². The lowest BCUT2D eigenvalue weighted by molar-refractivity contribution is -0.116.